The van der Waals surface area contributed by atoms with Gasteiger partial charge in [-0.15, -0.1) is 0 Å². The van der Waals surface area contributed by atoms with Crippen LogP contribution < -0.4 is 10.6 Å². The summed E-state index contributed by atoms with van der Waals surface area (Å²) in [5.74, 6) is -0.275. The van der Waals surface area contributed by atoms with Crippen LogP contribution in [0.15, 0.2) is 18.2 Å². The first-order valence-corrected chi connectivity index (χ1v) is 9.83. The van der Waals surface area contributed by atoms with Gasteiger partial charge in [-0.2, -0.15) is 0 Å². The van der Waals surface area contributed by atoms with Crippen molar-refractivity contribution < 1.29 is 14.4 Å². The molecule has 0 saturated carbocycles. The van der Waals surface area contributed by atoms with Gasteiger partial charge in [-0.3, -0.25) is 19.3 Å². The smallest absolute Gasteiger partial charge is 0.245 e. The molecule has 28 heavy (non-hydrogen) atoms. The van der Waals surface area contributed by atoms with Crippen LogP contribution in [0.25, 0.3) is 0 Å². The van der Waals surface area contributed by atoms with Crippen molar-refractivity contribution in [3.8, 4) is 0 Å². The summed E-state index contributed by atoms with van der Waals surface area (Å²) in [5, 5.41) is 5.73. The molecule has 7 nitrogen and oxygen atoms in total. The Morgan fingerprint density at radius 1 is 1.07 bits per heavy atom. The van der Waals surface area contributed by atoms with Crippen molar-refractivity contribution >= 4 is 23.4 Å². The molecule has 0 radical (unpaired) electrons. The van der Waals surface area contributed by atoms with Crippen molar-refractivity contribution in [2.24, 2.45) is 5.92 Å². The van der Waals surface area contributed by atoms with E-state index in [2.05, 4.69) is 10.6 Å². The summed E-state index contributed by atoms with van der Waals surface area (Å²) in [7, 11) is 0. The van der Waals surface area contributed by atoms with E-state index < -0.39 is 6.04 Å². The Kier molecular flexibility index (Phi) is 7.57. The van der Waals surface area contributed by atoms with Crippen molar-refractivity contribution in [2.45, 2.75) is 40.7 Å². The Hall–Kier alpha value is -2.41. The van der Waals surface area contributed by atoms with Gasteiger partial charge in [-0.1, -0.05) is 26.0 Å². The molecule has 7 heteroatoms. The topological polar surface area (TPSA) is 81.8 Å². The normalized spacial score (nSPS) is 16.0. The molecule has 0 spiro atoms. The third-order valence-electron chi connectivity index (χ3n) is 5.22. The fraction of sp³-hybridized carbons (Fsp3) is 0.571. The second-order valence-electron chi connectivity index (χ2n) is 7.82. The number of amides is 3. The number of aryl methyl sites for hydroxylation is 1. The zero-order chi connectivity index (χ0) is 20.8. The lowest BCUT2D eigenvalue weighted by Gasteiger charge is -2.37. The molecule has 1 aliphatic rings. The quantitative estimate of drug-likeness (QED) is 0.775. The van der Waals surface area contributed by atoms with Crippen LogP contribution in [0, 0.1) is 19.8 Å². The molecule has 1 unspecified atom stereocenters. The van der Waals surface area contributed by atoms with Gasteiger partial charge < -0.3 is 15.5 Å². The Morgan fingerprint density at radius 3 is 2.29 bits per heavy atom. The van der Waals surface area contributed by atoms with Gasteiger partial charge >= 0.3 is 0 Å². The molecule has 0 bridgehead atoms. The van der Waals surface area contributed by atoms with E-state index in [1.54, 1.807) is 4.90 Å². The van der Waals surface area contributed by atoms with Gasteiger partial charge in [0.25, 0.3) is 0 Å². The summed E-state index contributed by atoms with van der Waals surface area (Å²) in [4.78, 5) is 40.3. The zero-order valence-electron chi connectivity index (χ0n) is 17.5. The highest BCUT2D eigenvalue weighted by molar-refractivity contribution is 5.93. The van der Waals surface area contributed by atoms with Crippen LogP contribution in [-0.2, 0) is 14.4 Å². The maximum absolute atomic E-state index is 12.7. The minimum Gasteiger partial charge on any atom is -0.344 e. The maximum Gasteiger partial charge on any atom is 0.245 e. The first-order chi connectivity index (χ1) is 13.2. The van der Waals surface area contributed by atoms with Crippen LogP contribution in [0.1, 0.15) is 31.9 Å². The van der Waals surface area contributed by atoms with E-state index in [1.807, 2.05) is 50.8 Å². The first-order valence-electron chi connectivity index (χ1n) is 9.83. The second kappa shape index (κ2) is 9.68. The van der Waals surface area contributed by atoms with Crippen molar-refractivity contribution in [1.29, 1.82) is 0 Å². The second-order valence-corrected chi connectivity index (χ2v) is 7.82. The highest BCUT2D eigenvalue weighted by Gasteiger charge is 2.30. The molecule has 1 aromatic rings. The van der Waals surface area contributed by atoms with Crippen molar-refractivity contribution in [3.63, 3.8) is 0 Å². The van der Waals surface area contributed by atoms with Gasteiger partial charge in [-0.05, 0) is 37.0 Å². The van der Waals surface area contributed by atoms with Crippen LogP contribution in [0.4, 0.5) is 5.69 Å². The lowest BCUT2D eigenvalue weighted by Crippen LogP contribution is -2.56. The van der Waals surface area contributed by atoms with Gasteiger partial charge in [0.05, 0.1) is 6.54 Å². The molecule has 1 aromatic carbocycles. The van der Waals surface area contributed by atoms with Gasteiger partial charge in [0.1, 0.15) is 6.04 Å². The summed E-state index contributed by atoms with van der Waals surface area (Å²) in [5.41, 5.74) is 3.06. The largest absolute Gasteiger partial charge is 0.344 e. The molecule has 1 heterocycles. The number of hydrogen-bond donors (Lipinski definition) is 2. The Morgan fingerprint density at radius 2 is 1.71 bits per heavy atom. The van der Waals surface area contributed by atoms with Gasteiger partial charge in [0.2, 0.25) is 17.7 Å². The molecule has 3 amide bonds. The van der Waals surface area contributed by atoms with E-state index in [0.29, 0.717) is 32.7 Å². The number of hydrogen-bond acceptors (Lipinski definition) is 4. The monoisotopic (exact) mass is 388 g/mol. The van der Waals surface area contributed by atoms with Gasteiger partial charge in [-0.25, -0.2) is 0 Å². The molecule has 1 aliphatic heterocycles. The number of rotatable bonds is 6. The van der Waals surface area contributed by atoms with E-state index in [-0.39, 0.29) is 23.6 Å². The van der Waals surface area contributed by atoms with E-state index in [9.17, 15) is 14.4 Å². The summed E-state index contributed by atoms with van der Waals surface area (Å²) >= 11 is 0. The number of piperazine rings is 1. The van der Waals surface area contributed by atoms with Crippen molar-refractivity contribution in [2.75, 3.05) is 38.0 Å². The number of nitrogens with zero attached hydrogens (tertiary/aromatic N) is 2. The van der Waals surface area contributed by atoms with E-state index in [0.717, 1.165) is 16.8 Å². The van der Waals surface area contributed by atoms with E-state index >= 15 is 0 Å². The van der Waals surface area contributed by atoms with Gasteiger partial charge in [0, 0.05) is 38.8 Å². The van der Waals surface area contributed by atoms with E-state index in [1.165, 1.54) is 6.92 Å². The minimum atomic E-state index is -0.503. The average Bonchev–Trinajstić information content (AvgIpc) is 2.63. The third kappa shape index (κ3) is 5.79. The van der Waals surface area contributed by atoms with Gasteiger partial charge in [0.15, 0.2) is 0 Å². The first kappa shape index (κ1) is 21.9. The molecule has 1 atom stereocenters. The lowest BCUT2D eigenvalue weighted by atomic mass is 10.0. The van der Waals surface area contributed by atoms with Crippen LogP contribution in [0.5, 0.6) is 0 Å². The number of anilines is 1. The molecular weight excluding hydrogens is 356 g/mol. The summed E-state index contributed by atoms with van der Waals surface area (Å²) in [6.07, 6.45) is 0. The summed E-state index contributed by atoms with van der Waals surface area (Å²) in [6, 6.07) is 5.36. The van der Waals surface area contributed by atoms with E-state index in [4.69, 9.17) is 0 Å². The van der Waals surface area contributed by atoms with Crippen LogP contribution in [0.2, 0.25) is 0 Å². The Labute approximate surface area is 167 Å². The molecule has 154 valence electrons. The zero-order valence-corrected chi connectivity index (χ0v) is 17.5. The predicted molar refractivity (Wildman–Crippen MR) is 110 cm³/mol. The fourth-order valence-corrected chi connectivity index (χ4v) is 3.33. The predicted octanol–water partition coefficient (Wildman–Crippen LogP) is 1.55. The van der Waals surface area contributed by atoms with Crippen LogP contribution >= 0.6 is 0 Å². The molecule has 1 fully saturated rings. The molecule has 0 aliphatic carbocycles. The molecule has 2 N–H and O–H groups in total. The summed E-state index contributed by atoms with van der Waals surface area (Å²) < 4.78 is 0. The lowest BCUT2D eigenvalue weighted by molar-refractivity contribution is -0.139. The van der Waals surface area contributed by atoms with Crippen molar-refractivity contribution in [1.82, 2.24) is 15.1 Å². The highest BCUT2D eigenvalue weighted by Crippen LogP contribution is 2.18. The SMILES string of the molecule is CC(=O)NC(C(=O)N1CCN(CC(=O)Nc2cccc(C)c2C)CC1)C(C)C. The average molecular weight is 389 g/mol. The number of nitrogens with one attached hydrogen (secondary N) is 2. The van der Waals surface area contributed by atoms with Crippen LogP contribution in [-0.4, -0.2) is 66.3 Å². The Balaban J connectivity index is 1.86. The molecular formula is C21H32N4O3. The minimum absolute atomic E-state index is 0.0257. The molecule has 0 aromatic heterocycles. The third-order valence-corrected chi connectivity index (χ3v) is 5.22. The van der Waals surface area contributed by atoms with Crippen molar-refractivity contribution in [3.05, 3.63) is 29.3 Å². The summed E-state index contributed by atoms with van der Waals surface area (Å²) in [6.45, 7) is 12.0. The Bertz CT molecular complexity index is 724. The maximum atomic E-state index is 12.7. The van der Waals surface area contributed by atoms with Crippen LogP contribution in [0.3, 0.4) is 0 Å². The molecule has 1 saturated heterocycles. The standard InChI is InChI=1S/C21H32N4O3/c1-14(2)20(22-17(5)26)21(28)25-11-9-24(10-12-25)13-19(27)23-18-8-6-7-15(3)16(18)4/h6-8,14,20H,9-13H2,1-5H3,(H,22,26)(H,23,27). The number of benzene rings is 1. The fourth-order valence-electron chi connectivity index (χ4n) is 3.33. The highest BCUT2D eigenvalue weighted by atomic mass is 16.2. The molecule has 2 rings (SSSR count). The number of carbonyl (C=O) groups excluding carboxylic acids is 3. The number of carbonyl (C=O) groups is 3.